The zero-order valence-electron chi connectivity index (χ0n) is 47.4. The average Bonchev–Trinajstić information content (AvgIpc) is 3.42. The van der Waals surface area contributed by atoms with Gasteiger partial charge in [0.25, 0.3) is 17.7 Å². The second-order valence-electron chi connectivity index (χ2n) is 20.6. The van der Waals surface area contributed by atoms with Gasteiger partial charge in [0.1, 0.15) is 17.4 Å². The second kappa shape index (κ2) is 27.5. The highest BCUT2D eigenvalue weighted by Crippen LogP contribution is 2.30. The fourth-order valence-corrected chi connectivity index (χ4v) is 10.1. The van der Waals surface area contributed by atoms with Crippen molar-refractivity contribution in [2.75, 3.05) is 66.2 Å². The number of piperidine rings is 2. The SMILES string of the molecule is CC1CCN(C(=O)c2cc(-c3cccnc3)n(-c3ccc(F)cc3)n2)CC1.CCOC(=O)C1CCN(C(=O)c2cc(-c3cccnc3)n(-c3ccc(OC)cc3)n2)CC1.O=C(c1cc(-c2cccnc2)n(-c2ccc(F)cc2)n1)N1CCOCC1. The first-order chi connectivity index (χ1) is 41.4. The van der Waals surface area contributed by atoms with Gasteiger partial charge in [-0.3, -0.25) is 34.1 Å². The number of hydrogen-bond donors (Lipinski definition) is 0. The van der Waals surface area contributed by atoms with Crippen LogP contribution in [-0.2, 0) is 14.3 Å². The monoisotopic (exact) mass is 1150 g/mol. The Morgan fingerprint density at radius 2 is 0.882 bits per heavy atom. The van der Waals surface area contributed by atoms with Crippen molar-refractivity contribution >= 4 is 23.7 Å². The number of methoxy groups -OCH3 is 1. The molecule has 19 nitrogen and oxygen atoms in total. The summed E-state index contributed by atoms with van der Waals surface area (Å²) < 4.78 is 47.4. The molecule has 0 spiro atoms. The molecule has 0 radical (unpaired) electrons. The Balaban J connectivity index is 0.000000143. The van der Waals surface area contributed by atoms with Crippen molar-refractivity contribution in [3.8, 4) is 56.6 Å². The van der Waals surface area contributed by atoms with Crippen molar-refractivity contribution in [1.29, 1.82) is 0 Å². The van der Waals surface area contributed by atoms with Crippen molar-refractivity contribution in [2.24, 2.45) is 11.8 Å². The number of pyridine rings is 3. The first-order valence-electron chi connectivity index (χ1n) is 28.2. The van der Waals surface area contributed by atoms with Gasteiger partial charge in [0.2, 0.25) is 0 Å². The summed E-state index contributed by atoms with van der Waals surface area (Å²) in [4.78, 5) is 68.9. The maximum absolute atomic E-state index is 13.3. The van der Waals surface area contributed by atoms with Gasteiger partial charge in [0.05, 0.1) is 67.0 Å². The van der Waals surface area contributed by atoms with E-state index in [2.05, 4.69) is 37.2 Å². The highest BCUT2D eigenvalue weighted by Gasteiger charge is 2.31. The topological polar surface area (TPSA) is 198 Å². The summed E-state index contributed by atoms with van der Waals surface area (Å²) in [7, 11) is 1.62. The van der Waals surface area contributed by atoms with E-state index in [9.17, 15) is 28.0 Å². The first-order valence-corrected chi connectivity index (χ1v) is 28.2. The number of hydrogen-bond acceptors (Lipinski definition) is 13. The third-order valence-corrected chi connectivity index (χ3v) is 14.9. The predicted octanol–water partition coefficient (Wildman–Crippen LogP) is 9.85. The van der Waals surface area contributed by atoms with Gasteiger partial charge in [-0.2, -0.15) is 15.3 Å². The van der Waals surface area contributed by atoms with E-state index in [0.717, 1.165) is 71.1 Å². The van der Waals surface area contributed by atoms with Crippen molar-refractivity contribution < 1.29 is 42.2 Å². The minimum atomic E-state index is -0.326. The van der Waals surface area contributed by atoms with E-state index in [1.807, 2.05) is 65.6 Å². The van der Waals surface area contributed by atoms with Crippen LogP contribution in [0.15, 0.2) is 165 Å². The minimum absolute atomic E-state index is 0.0621. The van der Waals surface area contributed by atoms with Crippen LogP contribution in [0, 0.1) is 23.5 Å². The Kier molecular flexibility index (Phi) is 18.9. The standard InChI is InChI=1S/C24H26N4O4.C21H21FN4O.C19H17FN4O2/c1-3-32-24(30)17-10-13-27(14-11-17)23(29)21-15-22(18-5-4-12-25-16-18)28(26-21)19-6-8-20(31-2)9-7-19;1-15-8-11-25(12-9-15)21(27)19-13-20(16-3-2-10-23-14-16)26(24-19)18-6-4-17(22)5-7-18;20-15-3-5-16(6-4-15)24-18(14-2-1-7-21-13-14)12-17(22-24)19(25)23-8-10-26-11-9-23/h4-9,12,15-17H,3,10-11,13-14H2,1-2H3;2-7,10,13-15H,8-9,11-12H2,1H3;1-7,12-13H,8-11H2. The van der Waals surface area contributed by atoms with Crippen molar-refractivity contribution in [3.63, 3.8) is 0 Å². The zero-order valence-corrected chi connectivity index (χ0v) is 47.4. The molecule has 3 aromatic carbocycles. The molecule has 21 heteroatoms. The summed E-state index contributed by atoms with van der Waals surface area (Å²) >= 11 is 0. The van der Waals surface area contributed by atoms with Gasteiger partial charge in [0.15, 0.2) is 17.1 Å². The van der Waals surface area contributed by atoms with Crippen LogP contribution in [0.2, 0.25) is 0 Å². The van der Waals surface area contributed by atoms with E-state index >= 15 is 0 Å². The molecule has 3 amide bonds. The number of likely N-dealkylation sites (tertiary alicyclic amines) is 2. The third kappa shape index (κ3) is 14.2. The quantitative estimate of drug-likeness (QED) is 0.105. The lowest BCUT2D eigenvalue weighted by atomic mass is 9.97. The third-order valence-electron chi connectivity index (χ3n) is 14.9. The molecule has 436 valence electrons. The van der Waals surface area contributed by atoms with Gasteiger partial charge in [-0.25, -0.2) is 22.8 Å². The number of aromatic nitrogens is 9. The second-order valence-corrected chi connectivity index (χ2v) is 20.6. The van der Waals surface area contributed by atoms with Crippen molar-refractivity contribution in [2.45, 2.75) is 39.5 Å². The fourth-order valence-electron chi connectivity index (χ4n) is 10.1. The summed E-state index contributed by atoms with van der Waals surface area (Å²) in [5.41, 5.74) is 8.05. The van der Waals surface area contributed by atoms with E-state index in [1.54, 1.807) is 118 Å². The molecule has 0 bridgehead atoms. The molecule has 0 aliphatic carbocycles. The van der Waals surface area contributed by atoms with E-state index in [4.69, 9.17) is 14.2 Å². The number of carbonyl (C=O) groups is 4. The molecule has 9 aromatic rings. The normalized spacial score (nSPS) is 14.6. The maximum atomic E-state index is 13.3. The fraction of sp³-hybridized carbons (Fsp3) is 0.281. The number of rotatable bonds is 12. The van der Waals surface area contributed by atoms with Gasteiger partial charge < -0.3 is 28.9 Å². The van der Waals surface area contributed by atoms with Gasteiger partial charge in [-0.1, -0.05) is 6.92 Å². The molecule has 3 fully saturated rings. The minimum Gasteiger partial charge on any atom is -0.497 e. The van der Waals surface area contributed by atoms with Crippen LogP contribution < -0.4 is 4.74 Å². The number of ether oxygens (including phenoxy) is 3. The molecule has 0 saturated carbocycles. The van der Waals surface area contributed by atoms with Crippen LogP contribution in [0.3, 0.4) is 0 Å². The number of carbonyl (C=O) groups excluding carboxylic acids is 4. The molecule has 0 unspecified atom stereocenters. The van der Waals surface area contributed by atoms with E-state index in [1.165, 1.54) is 24.3 Å². The Morgan fingerprint density at radius 1 is 0.518 bits per heavy atom. The van der Waals surface area contributed by atoms with Crippen LogP contribution in [-0.4, -0.2) is 149 Å². The molecule has 0 atom stereocenters. The summed E-state index contributed by atoms with van der Waals surface area (Å²) in [5.74, 6) is 0.0726. The molecule has 12 rings (SSSR count). The lowest BCUT2D eigenvalue weighted by Crippen LogP contribution is -2.40. The van der Waals surface area contributed by atoms with Crippen LogP contribution in [0.5, 0.6) is 5.75 Å². The molecule has 85 heavy (non-hydrogen) atoms. The van der Waals surface area contributed by atoms with Gasteiger partial charge in [-0.15, -0.1) is 0 Å². The highest BCUT2D eigenvalue weighted by atomic mass is 19.1. The number of halogens is 2. The number of amides is 3. The van der Waals surface area contributed by atoms with E-state index < -0.39 is 0 Å². The molecular weight excluding hydrogens is 1090 g/mol. The summed E-state index contributed by atoms with van der Waals surface area (Å²) in [6.07, 6.45) is 13.5. The molecule has 0 N–H and O–H groups in total. The zero-order chi connectivity index (χ0) is 59.2. The van der Waals surface area contributed by atoms with Crippen molar-refractivity contribution in [3.05, 3.63) is 193 Å². The summed E-state index contributed by atoms with van der Waals surface area (Å²) in [6, 6.07) is 36.2. The smallest absolute Gasteiger partial charge is 0.309 e. The Morgan fingerprint density at radius 3 is 1.24 bits per heavy atom. The lowest BCUT2D eigenvalue weighted by molar-refractivity contribution is -0.149. The maximum Gasteiger partial charge on any atom is 0.309 e. The number of benzene rings is 3. The molecule has 6 aromatic heterocycles. The number of morpholine rings is 1. The highest BCUT2D eigenvalue weighted by molar-refractivity contribution is 5.95. The molecular formula is C64H64F2N12O7. The summed E-state index contributed by atoms with van der Waals surface area (Å²) in [5, 5.41) is 13.7. The van der Waals surface area contributed by atoms with Crippen LogP contribution in [0.4, 0.5) is 8.78 Å². The van der Waals surface area contributed by atoms with Crippen LogP contribution >= 0.6 is 0 Å². The largest absolute Gasteiger partial charge is 0.497 e. The summed E-state index contributed by atoms with van der Waals surface area (Å²) in [6.45, 7) is 9.05. The van der Waals surface area contributed by atoms with Crippen LogP contribution in [0.1, 0.15) is 71.0 Å². The van der Waals surface area contributed by atoms with Gasteiger partial charge in [-0.05, 0) is 166 Å². The Bertz CT molecular complexity index is 3670. The van der Waals surface area contributed by atoms with E-state index in [0.29, 0.717) is 93.2 Å². The van der Waals surface area contributed by atoms with E-state index in [-0.39, 0.29) is 41.2 Å². The van der Waals surface area contributed by atoms with Crippen molar-refractivity contribution in [1.82, 2.24) is 59.0 Å². The molecule has 3 aliphatic rings. The van der Waals surface area contributed by atoms with Gasteiger partial charge in [0, 0.05) is 93.1 Å². The average molecular weight is 1150 g/mol. The molecule has 3 saturated heterocycles. The number of esters is 1. The molecule has 3 aliphatic heterocycles. The Hall–Kier alpha value is -9.76. The lowest BCUT2D eigenvalue weighted by Gasteiger charge is -2.30. The Labute approximate surface area is 490 Å². The van der Waals surface area contributed by atoms with Crippen LogP contribution in [0.25, 0.3) is 50.8 Å². The molecule has 9 heterocycles. The van der Waals surface area contributed by atoms with Gasteiger partial charge >= 0.3 is 5.97 Å². The first kappa shape index (κ1) is 58.4. The predicted molar refractivity (Wildman–Crippen MR) is 313 cm³/mol. The number of nitrogens with zero attached hydrogens (tertiary/aromatic N) is 12.